The molecule has 0 N–H and O–H groups in total. The van der Waals surface area contributed by atoms with Crippen LogP contribution in [0.15, 0.2) is 0 Å². The molecule has 0 aliphatic rings. The Kier molecular flexibility index (Phi) is 17.4. The smallest absolute Gasteiger partial charge is 0.0248 e. The van der Waals surface area contributed by atoms with Crippen LogP contribution in [0, 0.1) is 12.5 Å². The van der Waals surface area contributed by atoms with E-state index in [1.165, 1.54) is 6.61 Å². The number of ether oxygens (including phenoxy) is 1. The van der Waals surface area contributed by atoms with E-state index in [-0.39, 0.29) is 83.2 Å². The summed E-state index contributed by atoms with van der Waals surface area (Å²) in [7, 11) is 0. The van der Waals surface area contributed by atoms with Gasteiger partial charge in [0.25, 0.3) is 0 Å². The largest absolute Gasteiger partial charge is 0.524 e. The second-order valence-corrected chi connectivity index (χ2v) is 2.86. The minimum atomic E-state index is 0. The third-order valence-electron chi connectivity index (χ3n) is 1.03. The van der Waals surface area contributed by atoms with Crippen LogP contribution >= 0.6 is 0 Å². The number of hydrogen-bond acceptors (Lipinski definition) is 2. The molecule has 0 rings (SSSR count). The zero-order chi connectivity index (χ0) is 8.15. The van der Waals surface area contributed by atoms with Crippen LogP contribution in [0.25, 0.3) is 0 Å². The molecule has 0 aliphatic carbocycles. The van der Waals surface area contributed by atoms with Gasteiger partial charge in [-0.25, -0.2) is 6.61 Å². The quantitative estimate of drug-likeness (QED) is 0.738. The van der Waals surface area contributed by atoms with Crippen LogP contribution in [0.5, 0.6) is 0 Å². The fourth-order valence-electron chi connectivity index (χ4n) is 0.339. The van der Waals surface area contributed by atoms with E-state index < -0.39 is 0 Å². The number of hydrogen-bond donors (Lipinski definition) is 0. The SMILES string of the molecule is CC(C)O[CH-]C(=O)C(C)C.[Y].[Y]. The molecule has 2 nitrogen and oxygen atoms in total. The van der Waals surface area contributed by atoms with E-state index in [1.54, 1.807) is 0 Å². The predicted octanol–water partition coefficient (Wildman–Crippen LogP) is 1.79. The van der Waals surface area contributed by atoms with E-state index in [2.05, 4.69) is 0 Å². The number of carbonyl (C=O) groups is 1. The van der Waals surface area contributed by atoms with Crippen LogP contribution < -0.4 is 0 Å². The average Bonchev–Trinajstić information content (AvgIpc) is 1.82. The van der Waals surface area contributed by atoms with Crippen molar-refractivity contribution in [2.45, 2.75) is 33.8 Å². The van der Waals surface area contributed by atoms with Crippen LogP contribution in [-0.2, 0) is 74.9 Å². The van der Waals surface area contributed by atoms with Crippen LogP contribution in [0.4, 0.5) is 0 Å². The molecule has 0 aromatic carbocycles. The fourth-order valence-corrected chi connectivity index (χ4v) is 0.339. The third-order valence-corrected chi connectivity index (χ3v) is 1.03. The standard InChI is InChI=1S/C8H15O2.2Y/c1-6(2)8(9)5-10-7(3)4;;/h5-7H,1-4H3;;/q-1;;. The molecule has 0 saturated carbocycles. The van der Waals surface area contributed by atoms with E-state index in [0.29, 0.717) is 0 Å². The molecule has 12 heavy (non-hydrogen) atoms. The van der Waals surface area contributed by atoms with Crippen molar-refractivity contribution in [1.29, 1.82) is 0 Å². The van der Waals surface area contributed by atoms with E-state index in [1.807, 2.05) is 27.7 Å². The molecule has 66 valence electrons. The molecule has 0 aliphatic heterocycles. The molecule has 4 heteroatoms. The van der Waals surface area contributed by atoms with Gasteiger partial charge in [-0.2, -0.15) is 0 Å². The Hall–Kier alpha value is 1.71. The fraction of sp³-hybridized carbons (Fsp3) is 0.750. The summed E-state index contributed by atoms with van der Waals surface area (Å²) in [5, 5.41) is 0. The molecule has 0 saturated heterocycles. The molecule has 0 fully saturated rings. The van der Waals surface area contributed by atoms with Gasteiger partial charge in [-0.1, -0.05) is 13.8 Å². The first-order valence-electron chi connectivity index (χ1n) is 3.56. The average molecular weight is 321 g/mol. The van der Waals surface area contributed by atoms with Crippen molar-refractivity contribution in [3.63, 3.8) is 0 Å². The van der Waals surface area contributed by atoms with Crippen molar-refractivity contribution in [2.75, 3.05) is 0 Å². The molecule has 0 heterocycles. The second-order valence-electron chi connectivity index (χ2n) is 2.86. The minimum Gasteiger partial charge on any atom is -0.524 e. The Morgan fingerprint density at radius 1 is 1.17 bits per heavy atom. The zero-order valence-electron chi connectivity index (χ0n) is 8.20. The Balaban J connectivity index is -0.000000405. The van der Waals surface area contributed by atoms with E-state index in [4.69, 9.17) is 4.74 Å². The van der Waals surface area contributed by atoms with Crippen molar-refractivity contribution in [3.05, 3.63) is 6.61 Å². The Morgan fingerprint density at radius 2 is 1.58 bits per heavy atom. The first-order chi connectivity index (χ1) is 4.54. The van der Waals surface area contributed by atoms with Gasteiger partial charge in [-0.15, -0.1) is 0 Å². The van der Waals surface area contributed by atoms with Crippen molar-refractivity contribution in [3.8, 4) is 0 Å². The summed E-state index contributed by atoms with van der Waals surface area (Å²) in [6, 6.07) is 0. The maximum absolute atomic E-state index is 10.9. The summed E-state index contributed by atoms with van der Waals surface area (Å²) in [6.07, 6.45) is 0.0997. The van der Waals surface area contributed by atoms with Gasteiger partial charge >= 0.3 is 0 Å². The summed E-state index contributed by atoms with van der Waals surface area (Å²) in [5.41, 5.74) is 0. The molecular formula is C8H15O2Y2-. The summed E-state index contributed by atoms with van der Waals surface area (Å²) in [4.78, 5) is 10.9. The van der Waals surface area contributed by atoms with Crippen molar-refractivity contribution in [1.82, 2.24) is 0 Å². The van der Waals surface area contributed by atoms with Crippen molar-refractivity contribution in [2.24, 2.45) is 5.92 Å². The maximum atomic E-state index is 10.9. The number of ketones is 1. The van der Waals surface area contributed by atoms with Gasteiger partial charge in [-0.3, -0.25) is 0 Å². The molecule has 0 unspecified atom stereocenters. The van der Waals surface area contributed by atoms with Gasteiger partial charge in [-0.05, 0) is 19.8 Å². The van der Waals surface area contributed by atoms with Gasteiger partial charge in [0.1, 0.15) is 0 Å². The molecule has 0 amide bonds. The monoisotopic (exact) mass is 321 g/mol. The van der Waals surface area contributed by atoms with Gasteiger partial charge < -0.3 is 9.53 Å². The molecule has 2 radical (unpaired) electrons. The van der Waals surface area contributed by atoms with Gasteiger partial charge in [0, 0.05) is 77.3 Å². The number of Topliss-reactive ketones (excluding diaryl/α,β-unsaturated/α-hetero) is 1. The molecule has 0 bridgehead atoms. The Labute approximate surface area is 125 Å². The van der Waals surface area contributed by atoms with Gasteiger partial charge in [0.2, 0.25) is 0 Å². The molecule has 0 atom stereocenters. The molecule has 0 aromatic heterocycles. The topological polar surface area (TPSA) is 26.3 Å². The molecular weight excluding hydrogens is 306 g/mol. The maximum Gasteiger partial charge on any atom is 0.0248 e. The van der Waals surface area contributed by atoms with E-state index in [9.17, 15) is 4.79 Å². The van der Waals surface area contributed by atoms with Crippen LogP contribution in [0.2, 0.25) is 0 Å². The molecule has 0 aromatic rings. The van der Waals surface area contributed by atoms with Crippen LogP contribution in [-0.4, -0.2) is 11.9 Å². The first-order valence-corrected chi connectivity index (χ1v) is 3.56. The van der Waals surface area contributed by atoms with Crippen molar-refractivity contribution < 1.29 is 74.9 Å². The van der Waals surface area contributed by atoms with E-state index >= 15 is 0 Å². The third kappa shape index (κ3) is 11.7. The van der Waals surface area contributed by atoms with Gasteiger partial charge in [0.15, 0.2) is 0 Å². The van der Waals surface area contributed by atoms with Gasteiger partial charge in [0.05, 0.1) is 0 Å². The first kappa shape index (κ1) is 19.3. The predicted molar refractivity (Wildman–Crippen MR) is 40.4 cm³/mol. The summed E-state index contributed by atoms with van der Waals surface area (Å²) in [6.45, 7) is 8.79. The molecule has 0 spiro atoms. The summed E-state index contributed by atoms with van der Waals surface area (Å²) >= 11 is 0. The Bertz CT molecular complexity index is 114. The number of rotatable bonds is 4. The normalized spacial score (nSPS) is 8.83. The number of carbonyl (C=O) groups excluding carboxylic acids is 1. The minimum absolute atomic E-state index is 0. The summed E-state index contributed by atoms with van der Waals surface area (Å²) < 4.78 is 4.99. The second kappa shape index (κ2) is 10.8. The van der Waals surface area contributed by atoms with Crippen LogP contribution in [0.1, 0.15) is 27.7 Å². The van der Waals surface area contributed by atoms with Crippen molar-refractivity contribution >= 4 is 5.78 Å². The summed E-state index contributed by atoms with van der Waals surface area (Å²) in [5.74, 6) is 0.0902. The van der Waals surface area contributed by atoms with E-state index in [0.717, 1.165) is 0 Å². The van der Waals surface area contributed by atoms with Crippen LogP contribution in [0.3, 0.4) is 0 Å². The zero-order valence-corrected chi connectivity index (χ0v) is 13.9. The Morgan fingerprint density at radius 3 is 1.83 bits per heavy atom.